The normalized spacial score (nSPS) is 10.3. The van der Waals surface area contributed by atoms with Gasteiger partial charge in [-0.3, -0.25) is 15.1 Å². The van der Waals surface area contributed by atoms with Crippen LogP contribution < -0.4 is 102 Å². The average molecular weight is 1680 g/mol. The molecule has 41 nitrogen and oxygen atoms in total. The number of ether oxygens (including phenoxy) is 10. The summed E-state index contributed by atoms with van der Waals surface area (Å²) in [5, 5.41) is 81.9. The number of aliphatic imine (C=N–C) groups is 1. The second kappa shape index (κ2) is 146. The van der Waals surface area contributed by atoms with Crippen LogP contribution in [0.25, 0.3) is 0 Å². The number of aliphatic hydroxyl groups is 6. The van der Waals surface area contributed by atoms with Crippen molar-refractivity contribution in [2.75, 3.05) is 291 Å². The number of carboxylic acids is 2. The number of hydrogen-bond donors (Lipinski definition) is 27. The summed E-state index contributed by atoms with van der Waals surface area (Å²) in [6.07, 6.45) is 8.73. The molecule has 0 aromatic rings. The third kappa shape index (κ3) is 200. The first kappa shape index (κ1) is 141. The van der Waals surface area contributed by atoms with Gasteiger partial charge in [-0.05, 0) is 73.3 Å². The van der Waals surface area contributed by atoms with Crippen molar-refractivity contribution in [2.45, 2.75) is 150 Å². The second-order valence-corrected chi connectivity index (χ2v) is 23.7. The maximum atomic E-state index is 10.3. The first-order valence-corrected chi connectivity index (χ1v) is 40.7. The molecule has 0 aliphatic rings. The largest absolute Gasteiger partial charge is 0.480 e. The molecule has 0 fully saturated rings. The van der Waals surface area contributed by atoms with E-state index in [1.165, 1.54) is 26.1 Å². The molecule has 0 bridgehead atoms. The molecule has 0 heterocycles. The van der Waals surface area contributed by atoms with E-state index in [0.717, 1.165) is 130 Å². The number of nitrogens with zero attached hydrogens (tertiary/aromatic N) is 2. The van der Waals surface area contributed by atoms with E-state index < -0.39 is 29.6 Å². The molecule has 0 aromatic carbocycles. The van der Waals surface area contributed by atoms with Gasteiger partial charge in [-0.15, -0.1) is 0 Å². The Bertz CT molecular complexity index is 1490. The lowest BCUT2D eigenvalue weighted by Gasteiger charge is -2.16. The Morgan fingerprint density at radius 1 is 0.513 bits per heavy atom. The van der Waals surface area contributed by atoms with Crippen LogP contribution in [0.5, 0.6) is 0 Å². The molecule has 0 amide bonds. The second-order valence-electron chi connectivity index (χ2n) is 23.7. The maximum absolute atomic E-state index is 10.3. The monoisotopic (exact) mass is 1680 g/mol. The fourth-order valence-electron chi connectivity index (χ4n) is 5.70. The molecular formula is C72H196N21O20+13. The minimum atomic E-state index is -0.958. The van der Waals surface area contributed by atoms with E-state index in [4.69, 9.17) is 122 Å². The van der Waals surface area contributed by atoms with Crippen LogP contribution in [0.15, 0.2) is 4.99 Å². The quantitative estimate of drug-likeness (QED) is 0.0116. The van der Waals surface area contributed by atoms with Crippen molar-refractivity contribution in [3.8, 4) is 0 Å². The van der Waals surface area contributed by atoms with Gasteiger partial charge >= 0.3 is 11.9 Å². The van der Waals surface area contributed by atoms with Gasteiger partial charge in [-0.1, -0.05) is 34.1 Å². The van der Waals surface area contributed by atoms with Crippen molar-refractivity contribution >= 4 is 23.9 Å². The van der Waals surface area contributed by atoms with Crippen LogP contribution in [0.1, 0.15) is 127 Å². The van der Waals surface area contributed by atoms with Gasteiger partial charge in [-0.25, -0.2) is 10.2 Å². The van der Waals surface area contributed by atoms with Crippen molar-refractivity contribution in [1.29, 1.82) is 5.41 Å². The number of aliphatic hydroxyl groups excluding tert-OH is 6. The van der Waals surface area contributed by atoms with Gasteiger partial charge in [0, 0.05) is 72.6 Å². The van der Waals surface area contributed by atoms with Crippen LogP contribution in [0, 0.1) is 12.3 Å². The first-order valence-electron chi connectivity index (χ1n) is 40.7. The summed E-state index contributed by atoms with van der Waals surface area (Å²) in [7, 11) is 5.55. The lowest BCUT2D eigenvalue weighted by Crippen LogP contribution is -2.87. The number of nitrogens with one attached hydrogen (secondary N) is 2. The first-order chi connectivity index (χ1) is 54.2. The number of rotatable bonds is 59. The number of quaternary nitrogens is 12. The summed E-state index contributed by atoms with van der Waals surface area (Å²) in [4.78, 5) is 25.9. The third-order valence-electron chi connectivity index (χ3n) is 11.8. The van der Waals surface area contributed by atoms with E-state index in [9.17, 15) is 9.59 Å². The highest BCUT2D eigenvalue weighted by Gasteiger charge is 2.25. The molecule has 53 N–H and O–H groups in total. The van der Waals surface area contributed by atoms with Gasteiger partial charge in [0.25, 0.3) is 5.96 Å². The molecule has 41 heteroatoms. The molecule has 0 rings (SSSR count). The van der Waals surface area contributed by atoms with Gasteiger partial charge in [0.2, 0.25) is 0 Å². The number of unbranched alkanes of at least 4 members (excludes halogenated alkanes) is 1. The van der Waals surface area contributed by atoms with Crippen molar-refractivity contribution in [2.24, 2.45) is 33.7 Å². The van der Waals surface area contributed by atoms with Gasteiger partial charge in [-0.2, -0.15) is 0 Å². The number of guanidine groups is 2. The highest BCUT2D eigenvalue weighted by molar-refractivity contribution is 5.75. The molecule has 696 valence electrons. The summed E-state index contributed by atoms with van der Waals surface area (Å²) in [6.45, 7) is 47.9. The Labute approximate surface area is 684 Å². The highest BCUT2D eigenvalue weighted by Crippen LogP contribution is 1.97. The lowest BCUT2D eigenvalue weighted by molar-refractivity contribution is -0.679. The molecule has 0 unspecified atom stereocenters. The number of carboxylic acid groups (broad SMARTS) is 2. The summed E-state index contributed by atoms with van der Waals surface area (Å²) in [6, 6.07) is -0.485. The summed E-state index contributed by atoms with van der Waals surface area (Å²) < 4.78 is 52.2. The summed E-state index contributed by atoms with van der Waals surface area (Å²) in [5.74, 6) is -1.21. The fourth-order valence-corrected chi connectivity index (χ4v) is 5.70. The number of hydrogen-bond acceptors (Lipinski definition) is 24. The van der Waals surface area contributed by atoms with Crippen LogP contribution in [0.4, 0.5) is 0 Å². The Balaban J connectivity index is -0.0000000797. The summed E-state index contributed by atoms with van der Waals surface area (Å²) in [5.41, 5.74) is 57.5. The Kier molecular flexibility index (Phi) is 183. The number of carbonyl (C=O) groups is 2. The Morgan fingerprint density at radius 2 is 0.832 bits per heavy atom. The van der Waals surface area contributed by atoms with Crippen LogP contribution >= 0.6 is 0 Å². The minimum absolute atomic E-state index is 0. The highest BCUT2D eigenvalue weighted by atomic mass is 16.6. The number of aliphatic carboxylic acids is 2. The van der Waals surface area contributed by atoms with Gasteiger partial charge in [0.15, 0.2) is 24.1 Å². The molecule has 2 atom stereocenters. The smallest absolute Gasteiger partial charge is 0.362 e. The Hall–Kier alpha value is -3.73. The van der Waals surface area contributed by atoms with Crippen molar-refractivity contribution in [3.63, 3.8) is 0 Å². The Morgan fingerprint density at radius 3 is 1.03 bits per heavy atom. The number of nitrogens with two attached hydrogens (primary N) is 8. The zero-order valence-corrected chi connectivity index (χ0v) is 74.4. The van der Waals surface area contributed by atoms with Crippen molar-refractivity contribution in [3.05, 3.63) is 6.92 Å². The topological polar surface area (TPSA) is 768 Å². The zero-order valence-electron chi connectivity index (χ0n) is 74.4. The van der Waals surface area contributed by atoms with Gasteiger partial charge in [0.05, 0.1) is 224 Å². The minimum Gasteiger partial charge on any atom is -0.480 e. The van der Waals surface area contributed by atoms with E-state index in [1.54, 1.807) is 10.2 Å². The molecule has 0 aromatic heterocycles. The molecule has 0 saturated carbocycles. The molecule has 113 heavy (non-hydrogen) atoms. The van der Waals surface area contributed by atoms with Crippen molar-refractivity contribution in [1.82, 2.24) is 10.2 Å². The van der Waals surface area contributed by atoms with Crippen LogP contribution in [-0.2, 0) is 57.0 Å². The summed E-state index contributed by atoms with van der Waals surface area (Å²) >= 11 is 0. The van der Waals surface area contributed by atoms with E-state index in [2.05, 4.69) is 128 Å². The standard InChI is InChI=1S/2C10H24N2O3.C6H14N4O2.2C6H16N2O2.C6H14N2O2.C5H13N.C4H11N3.C4H11NO3.C4H11NO2.C4H11N.C3H8.C2H5O.C2H6/c2*11-3-1-5-13-7-9-15-10-8-14-6-2-4-12;7-4(5(11)12)2-1-3-10-6(8)9;2*7-1-3-9-5-6-10-4-2-8;7-4-2-1-3-5(8)6(9)10;1-4-6-5(2)3;1-6-4(5)7(2)3;5-4(1-6,2-7)3-8;6-3-1-5-2-4-7;1-3-5-4-2;1-3-2;1-2-3;1-2/h2*1-12H2;4H,1-3,7H2,(H,11,12)(H4,8,9,10);2*1-8H2;5H,1-4,7-8H2,(H,9,10);5-6H,4H2,1-3H3;1-3H3,(H2,5,6);6-8H,1-3,5H2;5-7H,1-4H2;5H,3-4H2,1-2H3;3H2,1-2H3;3H,1-2H2;1-2H3/q;;;;;;;;;;;;+1;/p+12/t;;4-;;;5-;;;;;;;;/m..0..0......../s1. The molecule has 0 aliphatic carbocycles. The molecule has 0 saturated heterocycles. The molecular weight excluding hydrogens is 1480 g/mol. The molecule has 0 spiro atoms. The lowest BCUT2D eigenvalue weighted by atomic mass is 10.1. The fraction of sp³-hybridized carbons (Fsp3) is 0.931. The maximum Gasteiger partial charge on any atom is 0.362 e. The molecule has 0 aliphatic heterocycles. The zero-order chi connectivity index (χ0) is 89.8. The van der Waals surface area contributed by atoms with E-state index in [1.807, 2.05) is 35.0 Å². The SMILES string of the molecule is CC.CCC.CC[NH2+]C(C)C.CC[NH2+]CC.C[NH2+]C(=N)N(C)C.NC(N)=NCCC[C@H]([NH3+])C(=O)O.NCCCOCCOCCOCCC[NH3+].NCCOCCOCC[NH3+].N[C@@H](CCCC[NH3+])C(=O)O.OCCNCCO.[CH2+]CO.[NH3+]C(CO)(CO)CO.[NH3+]CCCOCCOCCOCCC[NH3+].[NH3+]CCOCCOCC[NH3+]. The van der Waals surface area contributed by atoms with Crippen LogP contribution in [0.2, 0.25) is 0 Å². The van der Waals surface area contributed by atoms with Crippen LogP contribution in [0.3, 0.4) is 0 Å². The van der Waals surface area contributed by atoms with E-state index in [-0.39, 0.29) is 45.6 Å². The average Bonchev–Trinajstić information content (AvgIpc) is 0.949. The van der Waals surface area contributed by atoms with E-state index >= 15 is 0 Å². The van der Waals surface area contributed by atoms with Crippen LogP contribution in [-0.4, -0.2) is 384 Å². The van der Waals surface area contributed by atoms with Gasteiger partial charge < -0.3 is 189 Å². The predicted octanol–water partition coefficient (Wildman–Crippen LogP) is -14.4. The third-order valence-corrected chi connectivity index (χ3v) is 11.8. The van der Waals surface area contributed by atoms with Gasteiger partial charge in [0.1, 0.15) is 25.9 Å². The van der Waals surface area contributed by atoms with E-state index in [0.29, 0.717) is 150 Å². The predicted molar refractivity (Wildman–Crippen MR) is 446 cm³/mol. The van der Waals surface area contributed by atoms with Crippen molar-refractivity contribution < 1.29 is 165 Å². The molecule has 0 radical (unpaired) electrons.